The first-order valence-electron chi connectivity index (χ1n) is 7.15. The smallest absolute Gasteiger partial charge is 0.133 e. The van der Waals surface area contributed by atoms with Crippen LogP contribution in [0.5, 0.6) is 0 Å². The average molecular weight is 264 g/mol. The second-order valence-electron chi connectivity index (χ2n) is 5.10. The molecule has 0 bridgehead atoms. The molecule has 0 amide bonds. The van der Waals surface area contributed by atoms with Gasteiger partial charge in [0.1, 0.15) is 17.5 Å². The van der Waals surface area contributed by atoms with E-state index in [1.54, 1.807) is 0 Å². The molecular weight excluding hydrogens is 240 g/mol. The van der Waals surface area contributed by atoms with Gasteiger partial charge in [-0.2, -0.15) is 0 Å². The zero-order valence-electron chi connectivity index (χ0n) is 12.1. The van der Waals surface area contributed by atoms with Gasteiger partial charge >= 0.3 is 0 Å². The maximum absolute atomic E-state index is 5.57. The van der Waals surface area contributed by atoms with Crippen molar-refractivity contribution < 1.29 is 4.74 Å². The predicted molar refractivity (Wildman–Crippen MR) is 77.6 cm³/mol. The first kappa shape index (κ1) is 14.1. The van der Waals surface area contributed by atoms with Crippen LogP contribution >= 0.6 is 0 Å². The maximum Gasteiger partial charge on any atom is 0.133 e. The maximum atomic E-state index is 5.57. The standard InChI is InChI=1S/C14H24N4O/c1-4-5-12-17-13(15-3)9-14(18-12)16-11-6-7-19-10(2)8-11/h9-11H,4-8H2,1-3H3,(H2,15,16,17,18). The van der Waals surface area contributed by atoms with Crippen LogP contribution in [0.2, 0.25) is 0 Å². The van der Waals surface area contributed by atoms with E-state index in [9.17, 15) is 0 Å². The Labute approximate surface area is 115 Å². The quantitative estimate of drug-likeness (QED) is 0.855. The van der Waals surface area contributed by atoms with Crippen molar-refractivity contribution in [2.24, 2.45) is 0 Å². The fraction of sp³-hybridized carbons (Fsp3) is 0.714. The van der Waals surface area contributed by atoms with Gasteiger partial charge in [0.2, 0.25) is 0 Å². The van der Waals surface area contributed by atoms with Crippen LogP contribution in [0.1, 0.15) is 38.9 Å². The molecule has 1 aromatic rings. The summed E-state index contributed by atoms with van der Waals surface area (Å²) in [7, 11) is 1.89. The Morgan fingerprint density at radius 1 is 1.37 bits per heavy atom. The van der Waals surface area contributed by atoms with E-state index in [-0.39, 0.29) is 0 Å². The lowest BCUT2D eigenvalue weighted by atomic mass is 10.0. The summed E-state index contributed by atoms with van der Waals surface area (Å²) in [5.41, 5.74) is 0. The molecule has 1 aliphatic rings. The molecule has 2 rings (SSSR count). The first-order valence-corrected chi connectivity index (χ1v) is 7.15. The highest BCUT2D eigenvalue weighted by molar-refractivity contribution is 5.47. The minimum Gasteiger partial charge on any atom is -0.378 e. The van der Waals surface area contributed by atoms with Crippen LogP contribution in [-0.2, 0) is 11.2 Å². The van der Waals surface area contributed by atoms with E-state index in [0.29, 0.717) is 12.1 Å². The van der Waals surface area contributed by atoms with Crippen LogP contribution in [0.4, 0.5) is 11.6 Å². The Balaban J connectivity index is 2.07. The Morgan fingerprint density at radius 3 is 2.84 bits per heavy atom. The summed E-state index contributed by atoms with van der Waals surface area (Å²) in [6.07, 6.45) is 4.36. The molecule has 0 radical (unpaired) electrons. The number of rotatable bonds is 5. The van der Waals surface area contributed by atoms with Gasteiger partial charge in [0.15, 0.2) is 0 Å². The molecule has 2 N–H and O–H groups in total. The van der Waals surface area contributed by atoms with E-state index in [0.717, 1.165) is 49.8 Å². The van der Waals surface area contributed by atoms with Gasteiger partial charge in [0, 0.05) is 32.2 Å². The van der Waals surface area contributed by atoms with Gasteiger partial charge in [-0.15, -0.1) is 0 Å². The lowest BCUT2D eigenvalue weighted by Crippen LogP contribution is -2.32. The molecule has 0 spiro atoms. The second kappa shape index (κ2) is 6.70. The van der Waals surface area contributed by atoms with Gasteiger partial charge in [-0.25, -0.2) is 9.97 Å². The molecule has 2 atom stereocenters. The molecular formula is C14H24N4O. The Bertz CT molecular complexity index is 410. The summed E-state index contributed by atoms with van der Waals surface area (Å²) in [6.45, 7) is 5.09. The first-order chi connectivity index (χ1) is 9.21. The number of ether oxygens (including phenoxy) is 1. The summed E-state index contributed by atoms with van der Waals surface area (Å²) in [4.78, 5) is 9.05. The van der Waals surface area contributed by atoms with Crippen molar-refractivity contribution in [3.8, 4) is 0 Å². The van der Waals surface area contributed by atoms with Gasteiger partial charge in [0.25, 0.3) is 0 Å². The monoisotopic (exact) mass is 264 g/mol. The molecule has 0 aliphatic carbocycles. The van der Waals surface area contributed by atoms with Crippen LogP contribution in [0.15, 0.2) is 6.07 Å². The fourth-order valence-corrected chi connectivity index (χ4v) is 2.37. The summed E-state index contributed by atoms with van der Waals surface area (Å²) in [5.74, 6) is 2.69. The van der Waals surface area contributed by atoms with Crippen molar-refractivity contribution in [1.82, 2.24) is 9.97 Å². The van der Waals surface area contributed by atoms with Gasteiger partial charge in [-0.1, -0.05) is 6.92 Å². The Kier molecular flexibility index (Phi) is 4.96. The molecule has 0 aromatic carbocycles. The molecule has 5 heteroatoms. The molecule has 0 saturated carbocycles. The largest absolute Gasteiger partial charge is 0.378 e. The van der Waals surface area contributed by atoms with Crippen molar-refractivity contribution in [3.05, 3.63) is 11.9 Å². The summed E-state index contributed by atoms with van der Waals surface area (Å²) >= 11 is 0. The molecule has 1 fully saturated rings. The third-order valence-electron chi connectivity index (χ3n) is 3.34. The Hall–Kier alpha value is -1.36. The lowest BCUT2D eigenvalue weighted by molar-refractivity contribution is 0.0232. The highest BCUT2D eigenvalue weighted by Gasteiger charge is 2.19. The van der Waals surface area contributed by atoms with Gasteiger partial charge in [-0.3, -0.25) is 0 Å². The van der Waals surface area contributed by atoms with Crippen LogP contribution in [0, 0.1) is 0 Å². The SMILES string of the molecule is CCCc1nc(NC)cc(NC2CCOC(C)C2)n1. The molecule has 5 nitrogen and oxygen atoms in total. The van der Waals surface area contributed by atoms with Crippen LogP contribution in [0.25, 0.3) is 0 Å². The summed E-state index contributed by atoms with van der Waals surface area (Å²) in [5, 5.41) is 6.61. The zero-order chi connectivity index (χ0) is 13.7. The van der Waals surface area contributed by atoms with Crippen LogP contribution < -0.4 is 10.6 Å². The van der Waals surface area contributed by atoms with E-state index in [4.69, 9.17) is 4.74 Å². The number of anilines is 2. The summed E-state index contributed by atoms with van der Waals surface area (Å²) < 4.78 is 5.57. The second-order valence-corrected chi connectivity index (χ2v) is 5.10. The van der Waals surface area contributed by atoms with Crippen molar-refractivity contribution in [2.75, 3.05) is 24.3 Å². The number of nitrogens with zero attached hydrogens (tertiary/aromatic N) is 2. The van der Waals surface area contributed by atoms with E-state index < -0.39 is 0 Å². The summed E-state index contributed by atoms with van der Waals surface area (Å²) in [6, 6.07) is 2.41. The molecule has 2 unspecified atom stereocenters. The molecule has 19 heavy (non-hydrogen) atoms. The molecule has 1 aromatic heterocycles. The third-order valence-corrected chi connectivity index (χ3v) is 3.34. The van der Waals surface area contributed by atoms with Crippen LogP contribution in [0.3, 0.4) is 0 Å². The van der Waals surface area contributed by atoms with Gasteiger partial charge < -0.3 is 15.4 Å². The van der Waals surface area contributed by atoms with Crippen molar-refractivity contribution in [3.63, 3.8) is 0 Å². The molecule has 106 valence electrons. The number of nitrogens with one attached hydrogen (secondary N) is 2. The molecule has 1 saturated heterocycles. The zero-order valence-corrected chi connectivity index (χ0v) is 12.1. The fourth-order valence-electron chi connectivity index (χ4n) is 2.37. The Morgan fingerprint density at radius 2 is 2.16 bits per heavy atom. The number of hydrogen-bond acceptors (Lipinski definition) is 5. The number of hydrogen-bond donors (Lipinski definition) is 2. The minimum absolute atomic E-state index is 0.326. The highest BCUT2D eigenvalue weighted by atomic mass is 16.5. The average Bonchev–Trinajstić information content (AvgIpc) is 2.39. The van der Waals surface area contributed by atoms with E-state index in [2.05, 4.69) is 34.4 Å². The number of aromatic nitrogens is 2. The van der Waals surface area contributed by atoms with Crippen molar-refractivity contribution >= 4 is 11.6 Å². The third kappa shape index (κ3) is 4.06. The van der Waals surface area contributed by atoms with E-state index >= 15 is 0 Å². The van der Waals surface area contributed by atoms with E-state index in [1.165, 1.54) is 0 Å². The van der Waals surface area contributed by atoms with Crippen LogP contribution in [-0.4, -0.2) is 35.8 Å². The highest BCUT2D eigenvalue weighted by Crippen LogP contribution is 2.19. The topological polar surface area (TPSA) is 59.1 Å². The van der Waals surface area contributed by atoms with Gasteiger partial charge in [-0.05, 0) is 26.2 Å². The minimum atomic E-state index is 0.326. The normalized spacial score (nSPS) is 23.1. The van der Waals surface area contributed by atoms with Gasteiger partial charge in [0.05, 0.1) is 6.10 Å². The molecule has 1 aliphatic heterocycles. The van der Waals surface area contributed by atoms with Crippen molar-refractivity contribution in [2.45, 2.75) is 51.7 Å². The predicted octanol–water partition coefficient (Wildman–Crippen LogP) is 2.45. The number of aryl methyl sites for hydroxylation is 1. The van der Waals surface area contributed by atoms with Crippen molar-refractivity contribution in [1.29, 1.82) is 0 Å². The molecule has 2 heterocycles. The van der Waals surface area contributed by atoms with E-state index in [1.807, 2.05) is 13.1 Å². The lowest BCUT2D eigenvalue weighted by Gasteiger charge is -2.28.